The number of hydrogen-bond acceptors (Lipinski definition) is 3. The molecule has 1 aromatic rings. The van der Waals surface area contributed by atoms with E-state index < -0.39 is 6.04 Å². The predicted molar refractivity (Wildman–Crippen MR) is 100 cm³/mol. The Kier molecular flexibility index (Phi) is 11.3. The van der Waals surface area contributed by atoms with E-state index in [1.165, 1.54) is 25.9 Å². The van der Waals surface area contributed by atoms with E-state index in [1.54, 1.807) is 0 Å². The van der Waals surface area contributed by atoms with E-state index in [0.717, 1.165) is 12.1 Å². The van der Waals surface area contributed by atoms with Gasteiger partial charge in [-0.1, -0.05) is 37.3 Å². The Morgan fingerprint density at radius 3 is 2.43 bits per heavy atom. The summed E-state index contributed by atoms with van der Waals surface area (Å²) in [5, 5.41) is 2.99. The monoisotopic (exact) mass is 361 g/mol. The van der Waals surface area contributed by atoms with Gasteiger partial charge in [-0.2, -0.15) is 0 Å². The molecule has 1 heterocycles. The van der Waals surface area contributed by atoms with Crippen molar-refractivity contribution in [2.24, 2.45) is 11.7 Å². The molecule has 132 valence electrons. The number of nitrogens with zero attached hydrogens (tertiary/aromatic N) is 1. The average molecular weight is 362 g/mol. The van der Waals surface area contributed by atoms with Crippen molar-refractivity contribution in [3.63, 3.8) is 0 Å². The fraction of sp³-hybridized carbons (Fsp3) is 0.588. The Labute approximate surface area is 152 Å². The Morgan fingerprint density at radius 1 is 1.22 bits per heavy atom. The number of likely N-dealkylation sites (tertiary alicyclic amines) is 1. The van der Waals surface area contributed by atoms with Crippen LogP contribution in [0.15, 0.2) is 30.3 Å². The molecule has 1 saturated heterocycles. The summed E-state index contributed by atoms with van der Waals surface area (Å²) in [6.07, 6.45) is 3.20. The molecule has 6 heteroatoms. The van der Waals surface area contributed by atoms with Gasteiger partial charge < -0.3 is 16.0 Å². The second-order valence-electron chi connectivity index (χ2n) is 6.15. The molecule has 4 nitrogen and oxygen atoms in total. The molecule has 1 fully saturated rings. The molecule has 23 heavy (non-hydrogen) atoms. The highest BCUT2D eigenvalue weighted by molar-refractivity contribution is 5.85. The van der Waals surface area contributed by atoms with E-state index in [4.69, 9.17) is 5.73 Å². The summed E-state index contributed by atoms with van der Waals surface area (Å²) < 4.78 is 0. The number of hydrogen-bond donors (Lipinski definition) is 2. The zero-order chi connectivity index (χ0) is 15.1. The lowest BCUT2D eigenvalue weighted by Gasteiger charge is -2.21. The van der Waals surface area contributed by atoms with Crippen molar-refractivity contribution in [3.05, 3.63) is 35.9 Å². The molecule has 0 aliphatic carbocycles. The van der Waals surface area contributed by atoms with Crippen molar-refractivity contribution in [1.29, 1.82) is 0 Å². The zero-order valence-electron chi connectivity index (χ0n) is 13.7. The third-order valence-corrected chi connectivity index (χ3v) is 4.03. The molecule has 0 spiro atoms. The summed E-state index contributed by atoms with van der Waals surface area (Å²) in [6.45, 7) is 6.35. The number of carbonyl (C=O) groups is 1. The first-order valence-corrected chi connectivity index (χ1v) is 7.94. The van der Waals surface area contributed by atoms with E-state index >= 15 is 0 Å². The van der Waals surface area contributed by atoms with Gasteiger partial charge in [0.25, 0.3) is 0 Å². The maximum absolute atomic E-state index is 12.0. The third-order valence-electron chi connectivity index (χ3n) is 4.03. The van der Waals surface area contributed by atoms with Crippen molar-refractivity contribution >= 4 is 30.7 Å². The molecule has 2 rings (SSSR count). The van der Waals surface area contributed by atoms with Crippen molar-refractivity contribution < 1.29 is 4.79 Å². The first kappa shape index (κ1) is 22.2. The number of nitrogens with two attached hydrogens (primary N) is 1. The quantitative estimate of drug-likeness (QED) is 0.782. The van der Waals surface area contributed by atoms with Gasteiger partial charge >= 0.3 is 0 Å². The largest absolute Gasteiger partial charge is 0.354 e. The fourth-order valence-electron chi connectivity index (χ4n) is 2.84. The molecule has 3 N–H and O–H groups in total. The highest BCUT2D eigenvalue weighted by atomic mass is 35.5. The predicted octanol–water partition coefficient (Wildman–Crippen LogP) is 2.25. The number of benzene rings is 1. The molecular formula is C17H29Cl2N3O. The van der Waals surface area contributed by atoms with Gasteiger partial charge in [-0.05, 0) is 43.8 Å². The number of carbonyl (C=O) groups excluding carboxylic acids is 1. The van der Waals surface area contributed by atoms with Crippen molar-refractivity contribution in [3.8, 4) is 0 Å². The molecule has 2 unspecified atom stereocenters. The van der Waals surface area contributed by atoms with Gasteiger partial charge in [0.05, 0.1) is 6.04 Å². The van der Waals surface area contributed by atoms with Gasteiger partial charge in [0.15, 0.2) is 0 Å². The maximum atomic E-state index is 12.0. The van der Waals surface area contributed by atoms with E-state index in [1.807, 2.05) is 30.3 Å². The van der Waals surface area contributed by atoms with E-state index in [2.05, 4.69) is 17.1 Å². The molecule has 0 bridgehead atoms. The van der Waals surface area contributed by atoms with Gasteiger partial charge in [-0.3, -0.25) is 4.79 Å². The topological polar surface area (TPSA) is 58.4 Å². The summed E-state index contributed by atoms with van der Waals surface area (Å²) in [7, 11) is 0. The first-order valence-electron chi connectivity index (χ1n) is 7.94. The smallest absolute Gasteiger partial charge is 0.237 e. The van der Waals surface area contributed by atoms with E-state index in [0.29, 0.717) is 18.9 Å². The molecule has 0 aromatic heterocycles. The molecule has 1 amide bonds. The third kappa shape index (κ3) is 8.02. The van der Waals surface area contributed by atoms with Crippen molar-refractivity contribution in [1.82, 2.24) is 10.2 Å². The molecule has 1 aromatic carbocycles. The van der Waals surface area contributed by atoms with Crippen molar-refractivity contribution in [2.45, 2.75) is 32.2 Å². The SMILES string of the molecule is CC(CNC(=O)C(N)Cc1ccccc1)CN1CCCC1.Cl.Cl. The second kappa shape index (κ2) is 11.7. The summed E-state index contributed by atoms with van der Waals surface area (Å²) >= 11 is 0. The van der Waals surface area contributed by atoms with Crippen LogP contribution in [0, 0.1) is 5.92 Å². The average Bonchev–Trinajstić information content (AvgIpc) is 2.98. The van der Waals surface area contributed by atoms with Crippen LogP contribution < -0.4 is 11.1 Å². The van der Waals surface area contributed by atoms with Gasteiger partial charge in [-0.25, -0.2) is 0 Å². The molecule has 1 aliphatic rings. The lowest BCUT2D eigenvalue weighted by Crippen LogP contribution is -2.44. The van der Waals surface area contributed by atoms with Crippen LogP contribution in [-0.4, -0.2) is 43.0 Å². The van der Waals surface area contributed by atoms with Crippen LogP contribution in [0.25, 0.3) is 0 Å². The Morgan fingerprint density at radius 2 is 1.83 bits per heavy atom. The van der Waals surface area contributed by atoms with Crippen molar-refractivity contribution in [2.75, 3.05) is 26.2 Å². The normalized spacial score (nSPS) is 16.8. The zero-order valence-corrected chi connectivity index (χ0v) is 15.4. The summed E-state index contributed by atoms with van der Waals surface area (Å²) in [4.78, 5) is 14.5. The minimum atomic E-state index is -0.466. The maximum Gasteiger partial charge on any atom is 0.237 e. The lowest BCUT2D eigenvalue weighted by molar-refractivity contribution is -0.122. The van der Waals surface area contributed by atoms with E-state index in [9.17, 15) is 4.79 Å². The van der Waals surface area contributed by atoms with Gasteiger partial charge in [0.2, 0.25) is 5.91 Å². The van der Waals surface area contributed by atoms with Crippen LogP contribution in [0.5, 0.6) is 0 Å². The second-order valence-corrected chi connectivity index (χ2v) is 6.15. The number of halogens is 2. The summed E-state index contributed by atoms with van der Waals surface area (Å²) in [5.74, 6) is 0.420. The van der Waals surface area contributed by atoms with Crippen LogP contribution in [0.4, 0.5) is 0 Å². The number of amides is 1. The Bertz CT molecular complexity index is 439. The highest BCUT2D eigenvalue weighted by Crippen LogP contribution is 2.09. The highest BCUT2D eigenvalue weighted by Gasteiger charge is 2.17. The standard InChI is InChI=1S/C17H27N3O.2ClH/c1-14(13-20-9-5-6-10-20)12-19-17(21)16(18)11-15-7-3-2-4-8-15;;/h2-4,7-8,14,16H,5-6,9-13,18H2,1H3,(H,19,21);2*1H. The first-order chi connectivity index (χ1) is 10.1. The minimum absolute atomic E-state index is 0. The molecular weight excluding hydrogens is 333 g/mol. The molecule has 2 atom stereocenters. The molecule has 1 aliphatic heterocycles. The Balaban J connectivity index is 0.00000242. The number of rotatable bonds is 7. The van der Waals surface area contributed by atoms with Crippen LogP contribution in [-0.2, 0) is 11.2 Å². The van der Waals surface area contributed by atoms with Gasteiger partial charge in [0.1, 0.15) is 0 Å². The summed E-state index contributed by atoms with van der Waals surface area (Å²) in [5.41, 5.74) is 7.08. The Hall–Kier alpha value is -0.810. The van der Waals surface area contributed by atoms with Crippen LogP contribution in [0.3, 0.4) is 0 Å². The van der Waals surface area contributed by atoms with Crippen LogP contribution in [0.2, 0.25) is 0 Å². The van der Waals surface area contributed by atoms with E-state index in [-0.39, 0.29) is 30.7 Å². The summed E-state index contributed by atoms with van der Waals surface area (Å²) in [6, 6.07) is 9.45. The lowest BCUT2D eigenvalue weighted by atomic mass is 10.1. The molecule has 0 saturated carbocycles. The van der Waals surface area contributed by atoms with Gasteiger partial charge in [-0.15, -0.1) is 24.8 Å². The number of nitrogens with one attached hydrogen (secondary N) is 1. The van der Waals surface area contributed by atoms with Crippen LogP contribution in [0.1, 0.15) is 25.3 Å². The minimum Gasteiger partial charge on any atom is -0.354 e. The van der Waals surface area contributed by atoms with Gasteiger partial charge in [0, 0.05) is 13.1 Å². The van der Waals surface area contributed by atoms with Crippen LogP contribution >= 0.6 is 24.8 Å². The molecule has 0 radical (unpaired) electrons. The fourth-order valence-corrected chi connectivity index (χ4v) is 2.84.